The van der Waals surface area contributed by atoms with E-state index in [0.717, 1.165) is 5.92 Å². The number of hydrogen-bond donors (Lipinski definition) is 0. The van der Waals surface area contributed by atoms with Gasteiger partial charge in [0.05, 0.1) is 0 Å². The molecule has 1 atom stereocenters. The molecule has 1 rings (SSSR count). The Labute approximate surface area is 99.8 Å². The van der Waals surface area contributed by atoms with E-state index < -0.39 is 0 Å². The molecular weight excluding hydrogens is 200 g/mol. The molecular formula is C14H26O2. The second-order valence-corrected chi connectivity index (χ2v) is 6.29. The second-order valence-electron chi connectivity index (χ2n) is 6.29. The molecule has 1 fully saturated rings. The SMILES string of the molecule is CC(=O)OC(C)C1CCC(C(C)(C)C)CC1. The summed E-state index contributed by atoms with van der Waals surface area (Å²) in [5.74, 6) is 1.25. The molecule has 0 saturated heterocycles. The molecule has 94 valence electrons. The highest BCUT2D eigenvalue weighted by Crippen LogP contribution is 2.40. The first-order chi connectivity index (χ1) is 7.30. The lowest BCUT2D eigenvalue weighted by Gasteiger charge is -2.38. The third-order valence-electron chi connectivity index (χ3n) is 4.01. The van der Waals surface area contributed by atoms with Crippen LogP contribution >= 0.6 is 0 Å². The van der Waals surface area contributed by atoms with Crippen LogP contribution < -0.4 is 0 Å². The highest BCUT2D eigenvalue weighted by molar-refractivity contribution is 5.66. The van der Waals surface area contributed by atoms with Gasteiger partial charge in [0.25, 0.3) is 0 Å². The van der Waals surface area contributed by atoms with Gasteiger partial charge in [0.15, 0.2) is 0 Å². The van der Waals surface area contributed by atoms with E-state index in [0.29, 0.717) is 11.3 Å². The van der Waals surface area contributed by atoms with E-state index in [1.807, 2.05) is 6.92 Å². The van der Waals surface area contributed by atoms with Crippen molar-refractivity contribution in [2.75, 3.05) is 0 Å². The van der Waals surface area contributed by atoms with Crippen molar-refractivity contribution in [1.29, 1.82) is 0 Å². The largest absolute Gasteiger partial charge is 0.463 e. The Morgan fingerprint density at radius 2 is 1.69 bits per heavy atom. The van der Waals surface area contributed by atoms with E-state index in [9.17, 15) is 4.79 Å². The summed E-state index contributed by atoms with van der Waals surface area (Å²) in [6.07, 6.45) is 5.06. The molecule has 0 radical (unpaired) electrons. The van der Waals surface area contributed by atoms with Gasteiger partial charge in [0, 0.05) is 6.92 Å². The number of hydrogen-bond acceptors (Lipinski definition) is 2. The Kier molecular flexibility index (Phi) is 4.40. The number of rotatable bonds is 2. The molecule has 0 aromatic heterocycles. The van der Waals surface area contributed by atoms with Gasteiger partial charge in [-0.1, -0.05) is 20.8 Å². The van der Waals surface area contributed by atoms with Crippen LogP contribution in [0, 0.1) is 17.3 Å². The highest BCUT2D eigenvalue weighted by Gasteiger charge is 2.32. The number of ether oxygens (including phenoxy) is 1. The third-order valence-corrected chi connectivity index (χ3v) is 4.01. The number of carbonyl (C=O) groups is 1. The fourth-order valence-corrected chi connectivity index (χ4v) is 2.81. The van der Waals surface area contributed by atoms with E-state index >= 15 is 0 Å². The van der Waals surface area contributed by atoms with E-state index in [1.54, 1.807) is 0 Å². The molecule has 0 aromatic rings. The Balaban J connectivity index is 2.40. The smallest absolute Gasteiger partial charge is 0.302 e. The summed E-state index contributed by atoms with van der Waals surface area (Å²) in [4.78, 5) is 10.9. The molecule has 0 aromatic carbocycles. The van der Waals surface area contributed by atoms with Gasteiger partial charge in [-0.2, -0.15) is 0 Å². The molecule has 0 bridgehead atoms. The van der Waals surface area contributed by atoms with Crippen LogP contribution in [0.5, 0.6) is 0 Å². The normalized spacial score (nSPS) is 28.6. The van der Waals surface area contributed by atoms with Gasteiger partial charge in [-0.05, 0) is 49.9 Å². The average molecular weight is 226 g/mol. The number of esters is 1. The van der Waals surface area contributed by atoms with E-state index in [-0.39, 0.29) is 12.1 Å². The molecule has 0 spiro atoms. The monoisotopic (exact) mass is 226 g/mol. The van der Waals surface area contributed by atoms with E-state index in [4.69, 9.17) is 4.74 Å². The lowest BCUT2D eigenvalue weighted by molar-refractivity contribution is -0.148. The Morgan fingerprint density at radius 1 is 1.19 bits per heavy atom. The zero-order valence-corrected chi connectivity index (χ0v) is 11.4. The highest BCUT2D eigenvalue weighted by atomic mass is 16.5. The van der Waals surface area contributed by atoms with Crippen LogP contribution in [0.25, 0.3) is 0 Å². The first-order valence-corrected chi connectivity index (χ1v) is 6.48. The molecule has 2 nitrogen and oxygen atoms in total. The topological polar surface area (TPSA) is 26.3 Å². The fourth-order valence-electron chi connectivity index (χ4n) is 2.81. The van der Waals surface area contributed by atoms with Crippen molar-refractivity contribution in [2.45, 2.75) is 66.4 Å². The molecule has 16 heavy (non-hydrogen) atoms. The van der Waals surface area contributed by atoms with E-state index in [2.05, 4.69) is 20.8 Å². The van der Waals surface area contributed by atoms with Gasteiger partial charge >= 0.3 is 5.97 Å². The summed E-state index contributed by atoms with van der Waals surface area (Å²) in [5.41, 5.74) is 0.426. The van der Waals surface area contributed by atoms with Crippen LogP contribution in [0.2, 0.25) is 0 Å². The summed E-state index contributed by atoms with van der Waals surface area (Å²) >= 11 is 0. The lowest BCUT2D eigenvalue weighted by Crippen LogP contribution is -2.31. The van der Waals surface area contributed by atoms with Crippen molar-refractivity contribution in [3.8, 4) is 0 Å². The minimum Gasteiger partial charge on any atom is -0.463 e. The zero-order valence-electron chi connectivity index (χ0n) is 11.4. The first-order valence-electron chi connectivity index (χ1n) is 6.48. The van der Waals surface area contributed by atoms with E-state index in [1.165, 1.54) is 32.6 Å². The fraction of sp³-hybridized carbons (Fsp3) is 0.929. The van der Waals surface area contributed by atoms with Gasteiger partial charge in [-0.3, -0.25) is 4.79 Å². The third kappa shape index (κ3) is 3.80. The summed E-state index contributed by atoms with van der Waals surface area (Å²) < 4.78 is 5.27. The molecule has 0 aliphatic heterocycles. The van der Waals surface area contributed by atoms with Gasteiger partial charge in [0.2, 0.25) is 0 Å². The maximum Gasteiger partial charge on any atom is 0.302 e. The van der Waals surface area contributed by atoms with Crippen LogP contribution in [0.1, 0.15) is 60.3 Å². The maximum absolute atomic E-state index is 10.9. The Hall–Kier alpha value is -0.530. The summed E-state index contributed by atoms with van der Waals surface area (Å²) in [6, 6.07) is 0. The van der Waals surface area contributed by atoms with Crippen molar-refractivity contribution in [3.05, 3.63) is 0 Å². The van der Waals surface area contributed by atoms with Gasteiger partial charge in [0.1, 0.15) is 6.10 Å². The molecule has 0 N–H and O–H groups in total. The Bertz CT molecular complexity index is 232. The minimum atomic E-state index is -0.148. The van der Waals surface area contributed by atoms with Crippen molar-refractivity contribution in [3.63, 3.8) is 0 Å². The van der Waals surface area contributed by atoms with Gasteiger partial charge < -0.3 is 4.74 Å². The summed E-state index contributed by atoms with van der Waals surface area (Å²) in [5, 5.41) is 0. The van der Waals surface area contributed by atoms with Crippen LogP contribution in [0.3, 0.4) is 0 Å². The summed E-state index contributed by atoms with van der Waals surface area (Å²) in [6.45, 7) is 10.5. The van der Waals surface area contributed by atoms with Crippen LogP contribution in [-0.4, -0.2) is 12.1 Å². The average Bonchev–Trinajstić information content (AvgIpc) is 2.15. The molecule has 1 aliphatic rings. The van der Waals surface area contributed by atoms with Crippen LogP contribution in [0.15, 0.2) is 0 Å². The second kappa shape index (κ2) is 5.20. The number of carbonyl (C=O) groups excluding carboxylic acids is 1. The molecule has 1 aliphatic carbocycles. The maximum atomic E-state index is 10.9. The van der Waals surface area contributed by atoms with Crippen molar-refractivity contribution < 1.29 is 9.53 Å². The molecule has 0 amide bonds. The van der Waals surface area contributed by atoms with Crippen molar-refractivity contribution in [2.24, 2.45) is 17.3 Å². The van der Waals surface area contributed by atoms with Gasteiger partial charge in [-0.25, -0.2) is 0 Å². The van der Waals surface area contributed by atoms with Gasteiger partial charge in [-0.15, -0.1) is 0 Å². The predicted molar refractivity (Wildman–Crippen MR) is 66.1 cm³/mol. The molecule has 1 unspecified atom stereocenters. The van der Waals surface area contributed by atoms with Crippen molar-refractivity contribution >= 4 is 5.97 Å². The summed E-state index contributed by atoms with van der Waals surface area (Å²) in [7, 11) is 0. The van der Waals surface area contributed by atoms with Crippen LogP contribution in [-0.2, 0) is 9.53 Å². The predicted octanol–water partition coefficient (Wildman–Crippen LogP) is 3.79. The molecule has 2 heteroatoms. The zero-order chi connectivity index (χ0) is 12.3. The molecule has 0 heterocycles. The minimum absolute atomic E-state index is 0.0958. The van der Waals surface area contributed by atoms with Crippen LogP contribution in [0.4, 0.5) is 0 Å². The standard InChI is InChI=1S/C14H26O2/c1-10(16-11(2)15)12-6-8-13(9-7-12)14(3,4)5/h10,12-13H,6-9H2,1-5H3. The lowest BCUT2D eigenvalue weighted by atomic mass is 9.69. The molecule has 1 saturated carbocycles. The Morgan fingerprint density at radius 3 is 2.06 bits per heavy atom. The first kappa shape index (κ1) is 13.5. The van der Waals surface area contributed by atoms with Crippen molar-refractivity contribution in [1.82, 2.24) is 0 Å². The quantitative estimate of drug-likeness (QED) is 0.670.